The van der Waals surface area contributed by atoms with Gasteiger partial charge in [-0.1, -0.05) is 13.8 Å². The number of amides is 1. The molecule has 0 fully saturated rings. The van der Waals surface area contributed by atoms with E-state index in [1.807, 2.05) is 6.92 Å². The van der Waals surface area contributed by atoms with E-state index in [1.54, 1.807) is 11.9 Å². The SMILES string of the molecule is COC(=O)CN(C)CC(=O)NC(C)CCC(C)C. The molecule has 0 rings (SSSR count). The number of methoxy groups -OCH3 is 1. The van der Waals surface area contributed by atoms with E-state index >= 15 is 0 Å². The summed E-state index contributed by atoms with van der Waals surface area (Å²) in [5.41, 5.74) is 0. The largest absolute Gasteiger partial charge is 0.468 e. The summed E-state index contributed by atoms with van der Waals surface area (Å²) in [4.78, 5) is 24.3. The minimum Gasteiger partial charge on any atom is -0.468 e. The first-order valence-corrected chi connectivity index (χ1v) is 6.39. The number of esters is 1. The molecule has 0 aromatic rings. The zero-order valence-electron chi connectivity index (χ0n) is 12.2. The lowest BCUT2D eigenvalue weighted by Gasteiger charge is -2.18. The molecule has 0 heterocycles. The maximum Gasteiger partial charge on any atom is 0.319 e. The number of carbonyl (C=O) groups is 2. The predicted octanol–water partition coefficient (Wildman–Crippen LogP) is 1.03. The highest BCUT2D eigenvalue weighted by atomic mass is 16.5. The molecular formula is C13H26N2O3. The molecule has 0 saturated heterocycles. The Hall–Kier alpha value is -1.10. The topological polar surface area (TPSA) is 58.6 Å². The first kappa shape index (κ1) is 16.9. The Kier molecular flexibility index (Phi) is 8.37. The number of ether oxygens (including phenoxy) is 1. The molecule has 0 saturated carbocycles. The van der Waals surface area contributed by atoms with E-state index in [0.717, 1.165) is 12.8 Å². The van der Waals surface area contributed by atoms with Gasteiger partial charge in [0, 0.05) is 6.04 Å². The van der Waals surface area contributed by atoms with Gasteiger partial charge in [0.15, 0.2) is 0 Å². The third-order valence-corrected chi connectivity index (χ3v) is 2.62. The molecule has 0 radical (unpaired) electrons. The van der Waals surface area contributed by atoms with Crippen LogP contribution in [0.15, 0.2) is 0 Å². The fraction of sp³-hybridized carbons (Fsp3) is 0.846. The van der Waals surface area contributed by atoms with E-state index in [4.69, 9.17) is 0 Å². The molecule has 5 heteroatoms. The van der Waals surface area contributed by atoms with Crippen LogP contribution in [0.4, 0.5) is 0 Å². The molecule has 0 aliphatic carbocycles. The molecule has 0 aliphatic rings. The first-order chi connectivity index (χ1) is 8.35. The summed E-state index contributed by atoms with van der Waals surface area (Å²) in [6.45, 7) is 6.67. The summed E-state index contributed by atoms with van der Waals surface area (Å²) in [6, 6.07) is 0.173. The monoisotopic (exact) mass is 258 g/mol. The second kappa shape index (κ2) is 8.91. The Balaban J connectivity index is 3.85. The van der Waals surface area contributed by atoms with Crippen LogP contribution in [0.1, 0.15) is 33.6 Å². The Labute approximate surface area is 110 Å². The van der Waals surface area contributed by atoms with Crippen LogP contribution in [0.25, 0.3) is 0 Å². The van der Waals surface area contributed by atoms with Gasteiger partial charge < -0.3 is 10.1 Å². The molecule has 0 bridgehead atoms. The van der Waals surface area contributed by atoms with Crippen molar-refractivity contribution >= 4 is 11.9 Å². The lowest BCUT2D eigenvalue weighted by atomic mass is 10.0. The van der Waals surface area contributed by atoms with Crippen LogP contribution in [-0.4, -0.2) is 50.1 Å². The molecule has 1 N–H and O–H groups in total. The number of hydrogen-bond donors (Lipinski definition) is 1. The normalized spacial score (nSPS) is 12.6. The van der Waals surface area contributed by atoms with Gasteiger partial charge in [0.1, 0.15) is 0 Å². The van der Waals surface area contributed by atoms with Crippen molar-refractivity contribution in [3.63, 3.8) is 0 Å². The lowest BCUT2D eigenvalue weighted by molar-refractivity contribution is -0.141. The molecule has 18 heavy (non-hydrogen) atoms. The number of nitrogens with zero attached hydrogens (tertiary/aromatic N) is 1. The van der Waals surface area contributed by atoms with Gasteiger partial charge >= 0.3 is 5.97 Å². The summed E-state index contributed by atoms with van der Waals surface area (Å²) in [5, 5.41) is 2.92. The third-order valence-electron chi connectivity index (χ3n) is 2.62. The number of nitrogens with one attached hydrogen (secondary N) is 1. The minimum absolute atomic E-state index is 0.0577. The molecule has 1 unspecified atom stereocenters. The third kappa shape index (κ3) is 8.98. The molecule has 0 spiro atoms. The first-order valence-electron chi connectivity index (χ1n) is 6.39. The quantitative estimate of drug-likeness (QED) is 0.661. The van der Waals surface area contributed by atoms with Crippen molar-refractivity contribution in [2.24, 2.45) is 5.92 Å². The van der Waals surface area contributed by atoms with E-state index in [-0.39, 0.29) is 31.0 Å². The molecule has 1 atom stereocenters. The van der Waals surface area contributed by atoms with Crippen molar-refractivity contribution in [3.05, 3.63) is 0 Å². The van der Waals surface area contributed by atoms with Crippen LogP contribution >= 0.6 is 0 Å². The summed E-state index contributed by atoms with van der Waals surface area (Å²) in [5.74, 6) is 0.252. The zero-order chi connectivity index (χ0) is 14.1. The van der Waals surface area contributed by atoms with Crippen LogP contribution in [0.5, 0.6) is 0 Å². The smallest absolute Gasteiger partial charge is 0.319 e. The Morgan fingerprint density at radius 1 is 1.17 bits per heavy atom. The van der Waals surface area contributed by atoms with Crippen molar-refractivity contribution < 1.29 is 14.3 Å². The minimum atomic E-state index is -0.335. The van der Waals surface area contributed by atoms with Gasteiger partial charge in [-0.15, -0.1) is 0 Å². The highest BCUT2D eigenvalue weighted by Gasteiger charge is 2.12. The summed E-state index contributed by atoms with van der Waals surface area (Å²) in [7, 11) is 3.06. The molecule has 1 amide bonds. The van der Waals surface area contributed by atoms with Crippen molar-refractivity contribution in [3.8, 4) is 0 Å². The lowest BCUT2D eigenvalue weighted by Crippen LogP contribution is -2.41. The van der Waals surface area contributed by atoms with Crippen LogP contribution < -0.4 is 5.32 Å². The van der Waals surface area contributed by atoms with Crippen LogP contribution in [-0.2, 0) is 14.3 Å². The van der Waals surface area contributed by atoms with Crippen molar-refractivity contribution in [2.75, 3.05) is 27.2 Å². The van der Waals surface area contributed by atoms with Crippen LogP contribution in [0, 0.1) is 5.92 Å². The Bertz CT molecular complexity index is 267. The van der Waals surface area contributed by atoms with Gasteiger partial charge in [-0.05, 0) is 32.7 Å². The van der Waals surface area contributed by atoms with E-state index < -0.39 is 0 Å². The van der Waals surface area contributed by atoms with Crippen molar-refractivity contribution in [1.29, 1.82) is 0 Å². The highest BCUT2D eigenvalue weighted by molar-refractivity contribution is 5.79. The van der Waals surface area contributed by atoms with E-state index in [9.17, 15) is 9.59 Å². The standard InChI is InChI=1S/C13H26N2O3/c1-10(2)6-7-11(3)14-12(16)8-15(4)9-13(17)18-5/h10-11H,6-9H2,1-5H3,(H,14,16). The predicted molar refractivity (Wildman–Crippen MR) is 71.2 cm³/mol. The molecule has 0 aromatic heterocycles. The molecular weight excluding hydrogens is 232 g/mol. The maximum atomic E-state index is 11.7. The van der Waals surface area contributed by atoms with Gasteiger partial charge in [0.2, 0.25) is 5.91 Å². The molecule has 0 aliphatic heterocycles. The van der Waals surface area contributed by atoms with Crippen molar-refractivity contribution in [2.45, 2.75) is 39.7 Å². The zero-order valence-corrected chi connectivity index (χ0v) is 12.2. The van der Waals surface area contributed by atoms with E-state index in [2.05, 4.69) is 23.9 Å². The van der Waals surface area contributed by atoms with Gasteiger partial charge in [-0.3, -0.25) is 14.5 Å². The summed E-state index contributed by atoms with van der Waals surface area (Å²) in [6.07, 6.45) is 2.07. The van der Waals surface area contributed by atoms with Gasteiger partial charge in [0.05, 0.1) is 20.2 Å². The Morgan fingerprint density at radius 2 is 1.78 bits per heavy atom. The number of rotatable bonds is 8. The highest BCUT2D eigenvalue weighted by Crippen LogP contribution is 2.06. The van der Waals surface area contributed by atoms with Crippen LogP contribution in [0.3, 0.4) is 0 Å². The van der Waals surface area contributed by atoms with Gasteiger partial charge in [0.25, 0.3) is 0 Å². The molecule has 5 nitrogen and oxygen atoms in total. The van der Waals surface area contributed by atoms with E-state index in [1.165, 1.54) is 7.11 Å². The maximum absolute atomic E-state index is 11.7. The fourth-order valence-corrected chi connectivity index (χ4v) is 1.56. The average molecular weight is 258 g/mol. The van der Waals surface area contributed by atoms with Gasteiger partial charge in [-0.2, -0.15) is 0 Å². The number of carbonyl (C=O) groups excluding carboxylic acids is 2. The second-order valence-electron chi connectivity index (χ2n) is 5.19. The average Bonchev–Trinajstić information content (AvgIpc) is 2.25. The number of likely N-dealkylation sites (N-methyl/N-ethyl adjacent to an activating group) is 1. The fourth-order valence-electron chi connectivity index (χ4n) is 1.56. The summed E-state index contributed by atoms with van der Waals surface area (Å²) >= 11 is 0. The molecule has 106 valence electrons. The van der Waals surface area contributed by atoms with Crippen LogP contribution in [0.2, 0.25) is 0 Å². The Morgan fingerprint density at radius 3 is 2.28 bits per heavy atom. The van der Waals surface area contributed by atoms with E-state index in [0.29, 0.717) is 5.92 Å². The molecule has 0 aromatic carbocycles. The summed E-state index contributed by atoms with van der Waals surface area (Å²) < 4.78 is 4.54. The van der Waals surface area contributed by atoms with Crippen molar-refractivity contribution in [1.82, 2.24) is 10.2 Å². The second-order valence-corrected chi connectivity index (χ2v) is 5.19. The number of hydrogen-bond acceptors (Lipinski definition) is 4. The van der Waals surface area contributed by atoms with Gasteiger partial charge in [-0.25, -0.2) is 0 Å².